The number of carbonyl (C=O) groups is 1. The van der Waals surface area contributed by atoms with Crippen LogP contribution in [0.3, 0.4) is 0 Å². The molecular formula is C12H14F4N2O. The Morgan fingerprint density at radius 2 is 1.74 bits per heavy atom. The highest BCUT2D eigenvalue weighted by Gasteiger charge is 2.32. The monoisotopic (exact) mass is 278 g/mol. The summed E-state index contributed by atoms with van der Waals surface area (Å²) in [5, 5.41) is 1.85. The van der Waals surface area contributed by atoms with Gasteiger partial charge in [0, 0.05) is 12.6 Å². The molecule has 1 unspecified atom stereocenters. The van der Waals surface area contributed by atoms with Crippen molar-refractivity contribution in [3.63, 3.8) is 0 Å². The molecule has 0 fully saturated rings. The lowest BCUT2D eigenvalue weighted by Crippen LogP contribution is -2.39. The summed E-state index contributed by atoms with van der Waals surface area (Å²) in [5.41, 5.74) is 3.19. The van der Waals surface area contributed by atoms with E-state index < -0.39 is 40.3 Å². The first-order valence-corrected chi connectivity index (χ1v) is 5.61. The highest BCUT2D eigenvalue weighted by atomic mass is 19.2. The van der Waals surface area contributed by atoms with Crippen molar-refractivity contribution in [3.8, 4) is 0 Å². The van der Waals surface area contributed by atoms with E-state index in [9.17, 15) is 22.4 Å². The quantitative estimate of drug-likeness (QED) is 0.657. The second-order valence-corrected chi connectivity index (χ2v) is 4.42. The largest absolute Gasteiger partial charge is 0.329 e. The summed E-state index contributed by atoms with van der Waals surface area (Å²) in [5.74, 6) is -7.27. The van der Waals surface area contributed by atoms with Gasteiger partial charge >= 0.3 is 0 Å². The van der Waals surface area contributed by atoms with Gasteiger partial charge in [-0.1, -0.05) is 6.92 Å². The molecule has 1 atom stereocenters. The predicted octanol–water partition coefficient (Wildman–Crippen LogP) is 2.56. The van der Waals surface area contributed by atoms with E-state index in [0.717, 1.165) is 0 Å². The van der Waals surface area contributed by atoms with Gasteiger partial charge < -0.3 is 11.1 Å². The molecule has 1 rings (SSSR count). The minimum Gasteiger partial charge on any atom is -0.329 e. The van der Waals surface area contributed by atoms with E-state index in [1.54, 1.807) is 6.92 Å². The molecule has 0 spiro atoms. The van der Waals surface area contributed by atoms with Crippen LogP contribution in [0.15, 0.2) is 6.07 Å². The molecule has 1 aromatic carbocycles. The van der Waals surface area contributed by atoms with E-state index in [4.69, 9.17) is 5.73 Å². The maximum absolute atomic E-state index is 13.4. The number of nitrogens with one attached hydrogen (secondary N) is 1. The first-order valence-electron chi connectivity index (χ1n) is 5.61. The number of nitrogens with two attached hydrogens (primary N) is 1. The van der Waals surface area contributed by atoms with Crippen LogP contribution in [-0.2, 0) is 4.79 Å². The van der Waals surface area contributed by atoms with Crippen molar-refractivity contribution in [1.29, 1.82) is 0 Å². The number of rotatable bonds is 4. The molecule has 1 aromatic rings. The van der Waals surface area contributed by atoms with Crippen molar-refractivity contribution in [2.75, 3.05) is 11.9 Å². The third kappa shape index (κ3) is 2.86. The Labute approximate surface area is 107 Å². The molecule has 0 radical (unpaired) electrons. The summed E-state index contributed by atoms with van der Waals surface area (Å²) < 4.78 is 52.7. The lowest BCUT2D eigenvalue weighted by atomic mass is 9.86. The number of hydrogen-bond acceptors (Lipinski definition) is 2. The molecule has 1 amide bonds. The molecule has 3 N–H and O–H groups in total. The van der Waals surface area contributed by atoms with Gasteiger partial charge in [-0.05, 0) is 13.3 Å². The zero-order chi connectivity index (χ0) is 14.8. The van der Waals surface area contributed by atoms with E-state index in [0.29, 0.717) is 6.42 Å². The number of carbonyl (C=O) groups excluding carboxylic acids is 1. The first-order chi connectivity index (χ1) is 8.76. The summed E-state index contributed by atoms with van der Waals surface area (Å²) >= 11 is 0. The predicted molar refractivity (Wildman–Crippen MR) is 62.4 cm³/mol. The highest BCUT2D eigenvalue weighted by molar-refractivity contribution is 5.95. The zero-order valence-electron chi connectivity index (χ0n) is 10.5. The average molecular weight is 278 g/mol. The van der Waals surface area contributed by atoms with Crippen LogP contribution in [0.4, 0.5) is 23.2 Å². The zero-order valence-corrected chi connectivity index (χ0v) is 10.5. The van der Waals surface area contributed by atoms with Gasteiger partial charge in [0.25, 0.3) is 0 Å². The summed E-state index contributed by atoms with van der Waals surface area (Å²) in [6.45, 7) is 3.06. The smallest absolute Gasteiger partial charge is 0.231 e. The van der Waals surface area contributed by atoms with Crippen molar-refractivity contribution in [1.82, 2.24) is 0 Å². The summed E-state index contributed by atoms with van der Waals surface area (Å²) in [7, 11) is 0. The molecule has 7 heteroatoms. The lowest BCUT2D eigenvalue weighted by molar-refractivity contribution is -0.124. The van der Waals surface area contributed by atoms with E-state index in [1.807, 2.05) is 5.32 Å². The maximum Gasteiger partial charge on any atom is 0.231 e. The highest BCUT2D eigenvalue weighted by Crippen LogP contribution is 2.27. The molecule has 0 saturated heterocycles. The third-order valence-corrected chi connectivity index (χ3v) is 3.13. The molecule has 0 aliphatic carbocycles. The average Bonchev–Trinajstić information content (AvgIpc) is 2.40. The molecule has 0 heterocycles. The van der Waals surface area contributed by atoms with Crippen molar-refractivity contribution in [3.05, 3.63) is 29.3 Å². The molecule has 0 bridgehead atoms. The van der Waals surface area contributed by atoms with Crippen LogP contribution in [0.5, 0.6) is 0 Å². The molecule has 3 nitrogen and oxygen atoms in total. The standard InChI is InChI=1S/C12H14F4N2O/c1-3-12(2,5-17)11(19)18-10-8(15)6(13)4-7(14)9(10)16/h4H,3,5,17H2,1-2H3,(H,18,19). The van der Waals surface area contributed by atoms with Crippen LogP contribution in [0.2, 0.25) is 0 Å². The molecular weight excluding hydrogens is 264 g/mol. The fourth-order valence-corrected chi connectivity index (χ4v) is 1.34. The number of anilines is 1. The fourth-order valence-electron chi connectivity index (χ4n) is 1.34. The summed E-state index contributed by atoms with van der Waals surface area (Å²) in [4.78, 5) is 11.9. The fraction of sp³-hybridized carbons (Fsp3) is 0.417. The molecule has 19 heavy (non-hydrogen) atoms. The van der Waals surface area contributed by atoms with Gasteiger partial charge in [-0.15, -0.1) is 0 Å². The Hall–Kier alpha value is -1.63. The van der Waals surface area contributed by atoms with Gasteiger partial charge in [0.2, 0.25) is 5.91 Å². The Morgan fingerprint density at radius 3 is 2.11 bits per heavy atom. The number of hydrogen-bond donors (Lipinski definition) is 2. The maximum atomic E-state index is 13.4. The Bertz CT molecular complexity index is 475. The number of amides is 1. The number of benzene rings is 1. The van der Waals surface area contributed by atoms with Gasteiger partial charge in [0.15, 0.2) is 23.3 Å². The van der Waals surface area contributed by atoms with E-state index in [-0.39, 0.29) is 12.6 Å². The van der Waals surface area contributed by atoms with Crippen LogP contribution in [0, 0.1) is 28.7 Å². The van der Waals surface area contributed by atoms with Crippen LogP contribution in [-0.4, -0.2) is 12.5 Å². The molecule has 0 aromatic heterocycles. The van der Waals surface area contributed by atoms with Crippen LogP contribution >= 0.6 is 0 Å². The SMILES string of the molecule is CCC(C)(CN)C(=O)Nc1c(F)c(F)cc(F)c1F. The van der Waals surface area contributed by atoms with Crippen molar-refractivity contribution < 1.29 is 22.4 Å². The summed E-state index contributed by atoms with van der Waals surface area (Å²) in [6.07, 6.45) is 0.302. The van der Waals surface area contributed by atoms with E-state index in [1.165, 1.54) is 6.92 Å². The summed E-state index contributed by atoms with van der Waals surface area (Å²) in [6, 6.07) is 0.0717. The Balaban J connectivity index is 3.17. The molecule has 0 saturated carbocycles. The molecule has 106 valence electrons. The number of halogens is 4. The lowest BCUT2D eigenvalue weighted by Gasteiger charge is -2.25. The van der Waals surface area contributed by atoms with E-state index in [2.05, 4.69) is 0 Å². The van der Waals surface area contributed by atoms with Crippen molar-refractivity contribution in [2.45, 2.75) is 20.3 Å². The second kappa shape index (κ2) is 5.56. The minimum absolute atomic E-state index is 0.0717. The van der Waals surface area contributed by atoms with Crippen LogP contribution < -0.4 is 11.1 Å². The topological polar surface area (TPSA) is 55.1 Å². The van der Waals surface area contributed by atoms with Crippen LogP contribution in [0.25, 0.3) is 0 Å². The van der Waals surface area contributed by atoms with E-state index >= 15 is 0 Å². The normalized spacial score (nSPS) is 14.1. The van der Waals surface area contributed by atoms with Crippen LogP contribution in [0.1, 0.15) is 20.3 Å². The first kappa shape index (κ1) is 15.4. The van der Waals surface area contributed by atoms with Gasteiger partial charge in [0.05, 0.1) is 5.41 Å². The Morgan fingerprint density at radius 1 is 1.26 bits per heavy atom. The van der Waals surface area contributed by atoms with Gasteiger partial charge in [-0.3, -0.25) is 4.79 Å². The third-order valence-electron chi connectivity index (χ3n) is 3.13. The molecule has 0 aliphatic rings. The molecule has 0 aliphatic heterocycles. The minimum atomic E-state index is -1.65. The van der Waals surface area contributed by atoms with Gasteiger partial charge in [0.1, 0.15) is 5.69 Å². The van der Waals surface area contributed by atoms with Gasteiger partial charge in [-0.2, -0.15) is 0 Å². The van der Waals surface area contributed by atoms with Crippen molar-refractivity contribution in [2.24, 2.45) is 11.1 Å². The Kier molecular flexibility index (Phi) is 4.52. The van der Waals surface area contributed by atoms with Gasteiger partial charge in [-0.25, -0.2) is 17.6 Å². The van der Waals surface area contributed by atoms with Crippen molar-refractivity contribution >= 4 is 11.6 Å². The second-order valence-electron chi connectivity index (χ2n) is 4.42.